The first-order valence-corrected chi connectivity index (χ1v) is 5.07. The van der Waals surface area contributed by atoms with Crippen molar-refractivity contribution in [1.82, 2.24) is 0 Å². The summed E-state index contributed by atoms with van der Waals surface area (Å²) in [5.41, 5.74) is 0.800. The molecule has 0 aliphatic heterocycles. The topological polar surface area (TPSA) is 44.8 Å². The Kier molecular flexibility index (Phi) is 4.64. The Balaban J connectivity index is 2.93. The van der Waals surface area contributed by atoms with Gasteiger partial charge in [-0.25, -0.2) is 0 Å². The fourth-order valence-corrected chi connectivity index (χ4v) is 1.33. The van der Waals surface area contributed by atoms with Crippen LogP contribution in [0.1, 0.15) is 12.5 Å². The van der Waals surface area contributed by atoms with E-state index in [1.165, 1.54) is 7.11 Å². The Morgan fingerprint density at radius 3 is 2.62 bits per heavy atom. The van der Waals surface area contributed by atoms with Gasteiger partial charge in [0.1, 0.15) is 11.5 Å². The summed E-state index contributed by atoms with van der Waals surface area (Å²) in [4.78, 5) is 11.2. The molecule has 88 valence electrons. The molecule has 1 rings (SSSR count). The number of benzene rings is 1. The third-order valence-corrected chi connectivity index (χ3v) is 2.14. The zero-order valence-electron chi connectivity index (χ0n) is 9.78. The van der Waals surface area contributed by atoms with Crippen LogP contribution in [0.4, 0.5) is 0 Å². The smallest absolute Gasteiger partial charge is 0.310 e. The second-order valence-electron chi connectivity index (χ2n) is 3.16. The Hall–Kier alpha value is -1.71. The van der Waals surface area contributed by atoms with Crippen molar-refractivity contribution in [2.75, 3.05) is 20.8 Å². The molecular weight excluding hydrogens is 208 g/mol. The summed E-state index contributed by atoms with van der Waals surface area (Å²) in [6.07, 6.45) is 0.204. The lowest BCUT2D eigenvalue weighted by Gasteiger charge is -2.10. The zero-order valence-corrected chi connectivity index (χ0v) is 9.78. The van der Waals surface area contributed by atoms with E-state index in [1.54, 1.807) is 25.3 Å². The fourth-order valence-electron chi connectivity index (χ4n) is 1.33. The minimum Gasteiger partial charge on any atom is -0.497 e. The Morgan fingerprint density at radius 2 is 2.06 bits per heavy atom. The van der Waals surface area contributed by atoms with Gasteiger partial charge in [-0.3, -0.25) is 4.79 Å². The van der Waals surface area contributed by atoms with E-state index in [-0.39, 0.29) is 12.4 Å². The number of ether oxygens (including phenoxy) is 3. The number of methoxy groups -OCH3 is 2. The van der Waals surface area contributed by atoms with E-state index in [1.807, 2.05) is 6.92 Å². The molecule has 0 saturated carbocycles. The largest absolute Gasteiger partial charge is 0.497 e. The number of carbonyl (C=O) groups is 1. The average molecular weight is 224 g/mol. The van der Waals surface area contributed by atoms with Gasteiger partial charge in [-0.15, -0.1) is 0 Å². The fraction of sp³-hybridized carbons (Fsp3) is 0.417. The summed E-state index contributed by atoms with van der Waals surface area (Å²) in [7, 11) is 2.96. The molecule has 4 nitrogen and oxygen atoms in total. The molecule has 0 saturated heterocycles. The van der Waals surface area contributed by atoms with Crippen molar-refractivity contribution in [3.05, 3.63) is 23.8 Å². The Labute approximate surface area is 95.1 Å². The first-order valence-electron chi connectivity index (χ1n) is 5.07. The van der Waals surface area contributed by atoms with Gasteiger partial charge in [0.15, 0.2) is 0 Å². The minimum absolute atomic E-state index is 0.204. The minimum atomic E-state index is -0.286. The normalized spacial score (nSPS) is 9.69. The van der Waals surface area contributed by atoms with Crippen LogP contribution in [0.3, 0.4) is 0 Å². The van der Waals surface area contributed by atoms with Gasteiger partial charge in [-0.2, -0.15) is 0 Å². The maximum absolute atomic E-state index is 11.2. The molecule has 4 heteroatoms. The molecule has 0 atom stereocenters. The van der Waals surface area contributed by atoms with E-state index < -0.39 is 0 Å². The molecule has 16 heavy (non-hydrogen) atoms. The standard InChI is InChI=1S/C12H16O4/c1-4-16-11-8-10(14-2)6-5-9(11)7-12(13)15-3/h5-6,8H,4,7H2,1-3H3. The molecular formula is C12H16O4. The van der Waals surface area contributed by atoms with E-state index in [2.05, 4.69) is 4.74 Å². The maximum atomic E-state index is 11.2. The number of rotatable bonds is 5. The highest BCUT2D eigenvalue weighted by Gasteiger charge is 2.10. The number of hydrogen-bond donors (Lipinski definition) is 0. The summed E-state index contributed by atoms with van der Waals surface area (Å²) in [6, 6.07) is 5.36. The van der Waals surface area contributed by atoms with Crippen molar-refractivity contribution in [2.45, 2.75) is 13.3 Å². The molecule has 1 aromatic rings. The highest BCUT2D eigenvalue weighted by Crippen LogP contribution is 2.25. The van der Waals surface area contributed by atoms with Gasteiger partial charge in [0, 0.05) is 11.6 Å². The predicted octanol–water partition coefficient (Wildman–Crippen LogP) is 1.81. The lowest BCUT2D eigenvalue weighted by molar-refractivity contribution is -0.139. The number of hydrogen-bond acceptors (Lipinski definition) is 4. The molecule has 1 aromatic carbocycles. The third kappa shape index (κ3) is 3.15. The van der Waals surface area contributed by atoms with Crippen LogP contribution >= 0.6 is 0 Å². The van der Waals surface area contributed by atoms with E-state index in [9.17, 15) is 4.79 Å². The first kappa shape index (κ1) is 12.4. The maximum Gasteiger partial charge on any atom is 0.310 e. The van der Waals surface area contributed by atoms with E-state index in [4.69, 9.17) is 9.47 Å². The van der Waals surface area contributed by atoms with Gasteiger partial charge >= 0.3 is 5.97 Å². The molecule has 0 radical (unpaired) electrons. The molecule has 0 N–H and O–H groups in total. The summed E-state index contributed by atoms with van der Waals surface area (Å²) in [6.45, 7) is 2.43. The molecule has 0 unspecified atom stereocenters. The van der Waals surface area contributed by atoms with Gasteiger partial charge < -0.3 is 14.2 Å². The molecule has 0 spiro atoms. The summed E-state index contributed by atoms with van der Waals surface area (Å²) < 4.78 is 15.1. The molecule has 0 aliphatic carbocycles. The molecule has 0 heterocycles. The highest BCUT2D eigenvalue weighted by atomic mass is 16.5. The van der Waals surface area contributed by atoms with Crippen LogP contribution < -0.4 is 9.47 Å². The van der Waals surface area contributed by atoms with Crippen molar-refractivity contribution in [3.63, 3.8) is 0 Å². The summed E-state index contributed by atoms with van der Waals surface area (Å²) in [5.74, 6) is 1.08. The number of esters is 1. The van der Waals surface area contributed by atoms with Crippen LogP contribution in [0.2, 0.25) is 0 Å². The van der Waals surface area contributed by atoms with Crippen LogP contribution in [-0.2, 0) is 16.0 Å². The van der Waals surface area contributed by atoms with Crippen molar-refractivity contribution in [1.29, 1.82) is 0 Å². The quantitative estimate of drug-likeness (QED) is 0.715. The summed E-state index contributed by atoms with van der Waals surface area (Å²) >= 11 is 0. The number of carbonyl (C=O) groups excluding carboxylic acids is 1. The molecule has 0 aliphatic rings. The van der Waals surface area contributed by atoms with Gasteiger partial charge in [0.2, 0.25) is 0 Å². The second kappa shape index (κ2) is 6.00. The van der Waals surface area contributed by atoms with Crippen LogP contribution in [0, 0.1) is 0 Å². The Bertz CT molecular complexity index is 360. The predicted molar refractivity (Wildman–Crippen MR) is 59.9 cm³/mol. The monoisotopic (exact) mass is 224 g/mol. The average Bonchev–Trinajstić information content (AvgIpc) is 2.31. The second-order valence-corrected chi connectivity index (χ2v) is 3.16. The Morgan fingerprint density at radius 1 is 1.31 bits per heavy atom. The highest BCUT2D eigenvalue weighted by molar-refractivity contribution is 5.73. The lowest BCUT2D eigenvalue weighted by atomic mass is 10.1. The van der Waals surface area contributed by atoms with Gasteiger partial charge in [0.25, 0.3) is 0 Å². The zero-order chi connectivity index (χ0) is 12.0. The van der Waals surface area contributed by atoms with Crippen molar-refractivity contribution >= 4 is 5.97 Å². The first-order chi connectivity index (χ1) is 7.71. The molecule has 0 fully saturated rings. The third-order valence-electron chi connectivity index (χ3n) is 2.14. The van der Waals surface area contributed by atoms with Crippen LogP contribution in [0.5, 0.6) is 11.5 Å². The molecule has 0 amide bonds. The van der Waals surface area contributed by atoms with Crippen molar-refractivity contribution in [3.8, 4) is 11.5 Å². The van der Waals surface area contributed by atoms with E-state index >= 15 is 0 Å². The molecule has 0 bridgehead atoms. The van der Waals surface area contributed by atoms with Gasteiger partial charge in [-0.1, -0.05) is 6.07 Å². The lowest BCUT2D eigenvalue weighted by Crippen LogP contribution is -2.06. The van der Waals surface area contributed by atoms with E-state index in [0.717, 1.165) is 5.56 Å². The van der Waals surface area contributed by atoms with Gasteiger partial charge in [0.05, 0.1) is 27.2 Å². The molecule has 0 aromatic heterocycles. The van der Waals surface area contributed by atoms with Crippen LogP contribution in [0.25, 0.3) is 0 Å². The SMILES string of the molecule is CCOc1cc(OC)ccc1CC(=O)OC. The summed E-state index contributed by atoms with van der Waals surface area (Å²) in [5, 5.41) is 0. The van der Waals surface area contributed by atoms with Crippen LogP contribution in [0.15, 0.2) is 18.2 Å². The van der Waals surface area contributed by atoms with Crippen molar-refractivity contribution in [2.24, 2.45) is 0 Å². The van der Waals surface area contributed by atoms with E-state index in [0.29, 0.717) is 18.1 Å². The van der Waals surface area contributed by atoms with Gasteiger partial charge in [-0.05, 0) is 13.0 Å². The van der Waals surface area contributed by atoms with Crippen molar-refractivity contribution < 1.29 is 19.0 Å². The van der Waals surface area contributed by atoms with Crippen LogP contribution in [-0.4, -0.2) is 26.8 Å².